The summed E-state index contributed by atoms with van der Waals surface area (Å²) in [5.41, 5.74) is 0.309. The summed E-state index contributed by atoms with van der Waals surface area (Å²) in [6.45, 7) is 3.07. The van der Waals surface area contributed by atoms with E-state index in [-0.39, 0.29) is 5.56 Å². The molecular formula is C16H18N4O4. The number of amides is 1. The maximum Gasteiger partial charge on any atom is 0.328 e. The number of aromatic nitrogens is 2. The molecule has 0 bridgehead atoms. The van der Waals surface area contributed by atoms with Gasteiger partial charge >= 0.3 is 5.69 Å². The molecule has 0 saturated carbocycles. The summed E-state index contributed by atoms with van der Waals surface area (Å²) in [6.07, 6.45) is 1.13. The van der Waals surface area contributed by atoms with Crippen LogP contribution >= 0.6 is 0 Å². The number of aromatic amines is 1. The first kappa shape index (κ1) is 16.0. The number of morpholine rings is 1. The Bertz CT molecular complexity index is 848. The molecule has 8 nitrogen and oxygen atoms in total. The zero-order valence-electron chi connectivity index (χ0n) is 13.2. The van der Waals surface area contributed by atoms with Crippen LogP contribution in [0.3, 0.4) is 0 Å². The molecule has 3 rings (SSSR count). The van der Waals surface area contributed by atoms with Gasteiger partial charge in [-0.25, -0.2) is 4.79 Å². The Labute approximate surface area is 137 Å². The lowest BCUT2D eigenvalue weighted by atomic mass is 10.2. The van der Waals surface area contributed by atoms with E-state index in [1.165, 1.54) is 7.05 Å². The van der Waals surface area contributed by atoms with Crippen LogP contribution in [0.4, 0.5) is 11.4 Å². The fourth-order valence-electron chi connectivity index (χ4n) is 2.50. The maximum absolute atomic E-state index is 12.2. The van der Waals surface area contributed by atoms with Gasteiger partial charge in [-0.3, -0.25) is 14.2 Å². The number of carbonyl (C=O) groups is 1. The van der Waals surface area contributed by atoms with Crippen LogP contribution < -0.4 is 21.5 Å². The van der Waals surface area contributed by atoms with Crippen LogP contribution in [0.25, 0.3) is 0 Å². The van der Waals surface area contributed by atoms with E-state index in [0.29, 0.717) is 18.9 Å². The number of nitrogens with one attached hydrogen (secondary N) is 2. The van der Waals surface area contributed by atoms with Crippen molar-refractivity contribution in [3.8, 4) is 0 Å². The van der Waals surface area contributed by atoms with E-state index in [0.717, 1.165) is 29.5 Å². The Morgan fingerprint density at radius 2 is 1.83 bits per heavy atom. The monoisotopic (exact) mass is 330 g/mol. The van der Waals surface area contributed by atoms with Gasteiger partial charge in [-0.05, 0) is 24.3 Å². The molecular weight excluding hydrogens is 312 g/mol. The Hall–Kier alpha value is -2.87. The van der Waals surface area contributed by atoms with Gasteiger partial charge in [-0.1, -0.05) is 0 Å². The number of carbonyl (C=O) groups excluding carboxylic acids is 1. The minimum Gasteiger partial charge on any atom is -0.378 e. The second kappa shape index (κ2) is 6.71. The largest absolute Gasteiger partial charge is 0.378 e. The third-order valence-electron chi connectivity index (χ3n) is 3.93. The number of ether oxygens (including phenoxy) is 1. The minimum absolute atomic E-state index is 0.116. The van der Waals surface area contributed by atoms with Gasteiger partial charge in [0, 0.05) is 37.7 Å². The summed E-state index contributed by atoms with van der Waals surface area (Å²) in [5, 5.41) is 2.66. The van der Waals surface area contributed by atoms with Crippen molar-refractivity contribution in [2.24, 2.45) is 7.05 Å². The second-order valence-corrected chi connectivity index (χ2v) is 5.47. The van der Waals surface area contributed by atoms with Crippen LogP contribution in [0.2, 0.25) is 0 Å². The maximum atomic E-state index is 12.2. The number of nitrogens with zero attached hydrogens (tertiary/aromatic N) is 2. The number of benzene rings is 1. The molecule has 2 N–H and O–H groups in total. The van der Waals surface area contributed by atoms with Crippen LogP contribution in [0.15, 0.2) is 40.1 Å². The molecule has 1 amide bonds. The molecule has 2 heterocycles. The molecule has 0 aliphatic carbocycles. The molecule has 126 valence electrons. The van der Waals surface area contributed by atoms with Gasteiger partial charge < -0.3 is 19.9 Å². The first-order valence-corrected chi connectivity index (χ1v) is 7.59. The van der Waals surface area contributed by atoms with Gasteiger partial charge in [0.15, 0.2) is 0 Å². The third kappa shape index (κ3) is 3.23. The van der Waals surface area contributed by atoms with Crippen LogP contribution in [-0.4, -0.2) is 41.8 Å². The molecule has 2 aromatic rings. The van der Waals surface area contributed by atoms with Gasteiger partial charge in [0.2, 0.25) is 0 Å². The van der Waals surface area contributed by atoms with E-state index in [9.17, 15) is 14.4 Å². The highest BCUT2D eigenvalue weighted by molar-refractivity contribution is 6.03. The van der Waals surface area contributed by atoms with Crippen molar-refractivity contribution in [1.82, 2.24) is 9.55 Å². The first-order chi connectivity index (χ1) is 11.6. The standard InChI is InChI=1S/C16H18N4O4/c1-19-15(22)13(10-17-16(19)23)14(21)18-11-2-4-12(5-3-11)20-6-8-24-9-7-20/h2-5,10H,6-9H2,1H3,(H,17,23)(H,18,21). The fraction of sp³-hybridized carbons (Fsp3) is 0.312. The van der Waals surface area contributed by atoms with Crippen LogP contribution in [0, 0.1) is 0 Å². The van der Waals surface area contributed by atoms with E-state index in [1.54, 1.807) is 12.1 Å². The lowest BCUT2D eigenvalue weighted by Gasteiger charge is -2.28. The van der Waals surface area contributed by atoms with Crippen LogP contribution in [0.5, 0.6) is 0 Å². The third-order valence-corrected chi connectivity index (χ3v) is 3.93. The minimum atomic E-state index is -0.638. The predicted octanol–water partition coefficient (Wildman–Crippen LogP) is 0.162. The highest BCUT2D eigenvalue weighted by atomic mass is 16.5. The average Bonchev–Trinajstić information content (AvgIpc) is 2.61. The molecule has 1 fully saturated rings. The van der Waals surface area contributed by atoms with Crippen LogP contribution in [0.1, 0.15) is 10.4 Å². The molecule has 1 aliphatic heterocycles. The topological polar surface area (TPSA) is 96.4 Å². The number of hydrogen-bond donors (Lipinski definition) is 2. The average molecular weight is 330 g/mol. The van der Waals surface area contributed by atoms with Gasteiger partial charge in [0.1, 0.15) is 5.56 Å². The summed E-state index contributed by atoms with van der Waals surface area (Å²) < 4.78 is 6.18. The quantitative estimate of drug-likeness (QED) is 0.836. The molecule has 1 aromatic heterocycles. The zero-order valence-corrected chi connectivity index (χ0v) is 13.2. The Morgan fingerprint density at radius 3 is 2.50 bits per heavy atom. The van der Waals surface area contributed by atoms with Crippen molar-refractivity contribution in [2.45, 2.75) is 0 Å². The van der Waals surface area contributed by atoms with Crippen molar-refractivity contribution >= 4 is 17.3 Å². The number of hydrogen-bond acceptors (Lipinski definition) is 5. The van der Waals surface area contributed by atoms with Crippen molar-refractivity contribution < 1.29 is 9.53 Å². The van der Waals surface area contributed by atoms with Gasteiger partial charge in [0.05, 0.1) is 13.2 Å². The molecule has 0 radical (unpaired) electrons. The Balaban J connectivity index is 1.74. The molecule has 8 heteroatoms. The van der Waals surface area contributed by atoms with Crippen molar-refractivity contribution in [3.63, 3.8) is 0 Å². The number of anilines is 2. The summed E-state index contributed by atoms with van der Waals surface area (Å²) in [7, 11) is 1.31. The van der Waals surface area contributed by atoms with E-state index >= 15 is 0 Å². The predicted molar refractivity (Wildman–Crippen MR) is 89.7 cm³/mol. The van der Waals surface area contributed by atoms with Gasteiger partial charge in [-0.15, -0.1) is 0 Å². The smallest absolute Gasteiger partial charge is 0.328 e. The van der Waals surface area contributed by atoms with E-state index in [4.69, 9.17) is 4.74 Å². The normalized spacial score (nSPS) is 14.5. The molecule has 1 aliphatic rings. The lowest BCUT2D eigenvalue weighted by Crippen LogP contribution is -2.37. The van der Waals surface area contributed by atoms with Gasteiger partial charge in [-0.2, -0.15) is 0 Å². The van der Waals surface area contributed by atoms with Crippen molar-refractivity contribution in [1.29, 1.82) is 0 Å². The summed E-state index contributed by atoms with van der Waals surface area (Å²) >= 11 is 0. The van der Waals surface area contributed by atoms with Crippen LogP contribution in [-0.2, 0) is 11.8 Å². The number of rotatable bonds is 3. The first-order valence-electron chi connectivity index (χ1n) is 7.59. The molecule has 0 spiro atoms. The van der Waals surface area contributed by atoms with E-state index in [2.05, 4.69) is 15.2 Å². The van der Waals surface area contributed by atoms with Gasteiger partial charge in [0.25, 0.3) is 11.5 Å². The zero-order chi connectivity index (χ0) is 17.1. The molecule has 24 heavy (non-hydrogen) atoms. The molecule has 0 unspecified atom stereocenters. The summed E-state index contributed by atoms with van der Waals surface area (Å²) in [5.74, 6) is -0.564. The molecule has 1 saturated heterocycles. The highest BCUT2D eigenvalue weighted by Crippen LogP contribution is 2.19. The van der Waals surface area contributed by atoms with Crippen molar-refractivity contribution in [2.75, 3.05) is 36.5 Å². The molecule has 0 atom stereocenters. The highest BCUT2D eigenvalue weighted by Gasteiger charge is 2.14. The number of H-pyrrole nitrogens is 1. The van der Waals surface area contributed by atoms with Crippen molar-refractivity contribution in [3.05, 3.63) is 56.9 Å². The fourth-order valence-corrected chi connectivity index (χ4v) is 2.50. The lowest BCUT2D eigenvalue weighted by molar-refractivity contribution is 0.102. The van der Waals surface area contributed by atoms with E-state index in [1.807, 2.05) is 12.1 Å². The molecule has 1 aromatic carbocycles. The summed E-state index contributed by atoms with van der Waals surface area (Å²) in [4.78, 5) is 40.0. The second-order valence-electron chi connectivity index (χ2n) is 5.47. The SMILES string of the molecule is Cn1c(=O)[nH]cc(C(=O)Nc2ccc(N3CCOCC3)cc2)c1=O. The van der Waals surface area contributed by atoms with E-state index < -0.39 is 17.2 Å². The Morgan fingerprint density at radius 1 is 1.17 bits per heavy atom. The summed E-state index contributed by atoms with van der Waals surface area (Å²) in [6, 6.07) is 7.37. The Kier molecular flexibility index (Phi) is 4.48.